The van der Waals surface area contributed by atoms with Crippen LogP contribution in [-0.2, 0) is 11.2 Å². The number of hydrogen-bond donors (Lipinski definition) is 1. The molecule has 7 rings (SSSR count). The van der Waals surface area contributed by atoms with Gasteiger partial charge in [-0.3, -0.25) is 5.10 Å². The van der Waals surface area contributed by atoms with E-state index in [-0.39, 0.29) is 0 Å². The lowest BCUT2D eigenvalue weighted by Gasteiger charge is -2.41. The van der Waals surface area contributed by atoms with Gasteiger partial charge in [-0.25, -0.2) is 0 Å². The number of ether oxygens (including phenoxy) is 1. The molecule has 3 atom stereocenters. The van der Waals surface area contributed by atoms with Crippen molar-refractivity contribution >= 4 is 11.3 Å². The molecule has 4 heteroatoms. The van der Waals surface area contributed by atoms with Crippen molar-refractivity contribution in [2.75, 3.05) is 24.7 Å². The van der Waals surface area contributed by atoms with Gasteiger partial charge in [0, 0.05) is 30.4 Å². The molecule has 5 aliphatic rings. The monoisotopic (exact) mass is 415 g/mol. The summed E-state index contributed by atoms with van der Waals surface area (Å²) < 4.78 is 5.74. The number of rotatable bonds is 3. The van der Waals surface area contributed by atoms with Crippen LogP contribution in [0.4, 0.5) is 5.69 Å². The molecule has 2 aromatic rings. The van der Waals surface area contributed by atoms with Gasteiger partial charge >= 0.3 is 0 Å². The molecule has 2 saturated carbocycles. The minimum absolute atomic E-state index is 0.293. The molecular weight excluding hydrogens is 382 g/mol. The van der Waals surface area contributed by atoms with E-state index >= 15 is 0 Å². The fourth-order valence-corrected chi connectivity index (χ4v) is 7.15. The Morgan fingerprint density at radius 1 is 1.19 bits per heavy atom. The van der Waals surface area contributed by atoms with Gasteiger partial charge in [0.1, 0.15) is 0 Å². The summed E-state index contributed by atoms with van der Waals surface area (Å²) in [5, 5.41) is 7.62. The third kappa shape index (κ3) is 2.94. The fraction of sp³-hybridized carbons (Fsp3) is 0.593. The van der Waals surface area contributed by atoms with E-state index in [1.165, 1.54) is 56.2 Å². The molecule has 4 nitrogen and oxygen atoms in total. The number of benzene rings is 1. The first-order chi connectivity index (χ1) is 15.2. The molecule has 3 fully saturated rings. The molecule has 1 N–H and O–H groups in total. The Morgan fingerprint density at radius 3 is 2.87 bits per heavy atom. The van der Waals surface area contributed by atoms with E-state index in [2.05, 4.69) is 46.3 Å². The van der Waals surface area contributed by atoms with Crippen LogP contribution in [0.5, 0.6) is 0 Å². The highest BCUT2D eigenvalue weighted by Gasteiger charge is 2.54. The zero-order chi connectivity index (χ0) is 20.6. The highest BCUT2D eigenvalue weighted by Crippen LogP contribution is 2.66. The maximum absolute atomic E-state index is 5.74. The van der Waals surface area contributed by atoms with Crippen LogP contribution in [0.3, 0.4) is 0 Å². The van der Waals surface area contributed by atoms with E-state index in [0.717, 1.165) is 42.7 Å². The lowest BCUT2D eigenvalue weighted by Crippen LogP contribution is -2.43. The minimum Gasteiger partial charge on any atom is -0.377 e. The molecule has 1 aromatic carbocycles. The van der Waals surface area contributed by atoms with E-state index in [1.54, 1.807) is 16.7 Å². The molecule has 1 saturated heterocycles. The Hall–Kier alpha value is -2.07. The van der Waals surface area contributed by atoms with Gasteiger partial charge in [0.2, 0.25) is 0 Å². The average molecular weight is 416 g/mol. The lowest BCUT2D eigenvalue weighted by molar-refractivity contribution is 0.0985. The van der Waals surface area contributed by atoms with Gasteiger partial charge in [0.25, 0.3) is 0 Å². The Bertz CT molecular complexity index is 1030. The Labute approximate surface area is 185 Å². The highest BCUT2D eigenvalue weighted by atomic mass is 16.5. The summed E-state index contributed by atoms with van der Waals surface area (Å²) >= 11 is 0. The van der Waals surface area contributed by atoms with E-state index in [9.17, 15) is 0 Å². The van der Waals surface area contributed by atoms with Gasteiger partial charge in [0.15, 0.2) is 0 Å². The van der Waals surface area contributed by atoms with Crippen LogP contribution in [0.25, 0.3) is 5.57 Å². The Morgan fingerprint density at radius 2 is 2.10 bits per heavy atom. The van der Waals surface area contributed by atoms with Gasteiger partial charge in [-0.05, 0) is 110 Å². The molecule has 2 heterocycles. The number of nitrogens with zero attached hydrogens (tertiary/aromatic N) is 2. The summed E-state index contributed by atoms with van der Waals surface area (Å²) in [7, 11) is 0. The Kier molecular flexibility index (Phi) is 4.01. The summed E-state index contributed by atoms with van der Waals surface area (Å²) in [6.45, 7) is 4.94. The third-order valence-corrected chi connectivity index (χ3v) is 9.08. The van der Waals surface area contributed by atoms with Crippen LogP contribution in [0.2, 0.25) is 0 Å². The number of allylic oxidation sites excluding steroid dienone is 2. The highest BCUT2D eigenvalue weighted by molar-refractivity contribution is 5.81. The number of morpholine rings is 1. The quantitative estimate of drug-likeness (QED) is 0.739. The molecule has 162 valence electrons. The van der Waals surface area contributed by atoms with E-state index in [4.69, 9.17) is 4.74 Å². The zero-order valence-corrected chi connectivity index (χ0v) is 18.6. The van der Waals surface area contributed by atoms with E-state index in [1.807, 2.05) is 6.20 Å². The standard InChI is InChI=1S/C27H33N3O/c1-17-16-31-9-8-30(17)22-11-20-10-18(21-14-27(15-21)5-6-27)2-3-19-12-23(24(13-22)26(19)20)25-4-7-28-29-25/h4,7,11-13,17-18,21,23H,2-3,5-6,8-10,14-16H2,1H3,(H,28,29)/t17-,18?,23?/m1/s1. The van der Waals surface area contributed by atoms with Crippen LogP contribution in [0.15, 0.2) is 30.5 Å². The summed E-state index contributed by atoms with van der Waals surface area (Å²) in [5.41, 5.74) is 9.60. The number of aromatic amines is 1. The molecular formula is C27H33N3O. The van der Waals surface area contributed by atoms with E-state index < -0.39 is 0 Å². The fourth-order valence-electron chi connectivity index (χ4n) is 7.15. The molecule has 0 bridgehead atoms. The van der Waals surface area contributed by atoms with Gasteiger partial charge in [-0.1, -0.05) is 6.08 Å². The number of hydrogen-bond acceptors (Lipinski definition) is 3. The van der Waals surface area contributed by atoms with Crippen LogP contribution in [0, 0.1) is 17.3 Å². The molecule has 1 aliphatic heterocycles. The van der Waals surface area contributed by atoms with Crippen LogP contribution >= 0.6 is 0 Å². The van der Waals surface area contributed by atoms with Crippen molar-refractivity contribution in [2.24, 2.45) is 17.3 Å². The van der Waals surface area contributed by atoms with Crippen molar-refractivity contribution in [3.63, 3.8) is 0 Å². The predicted molar refractivity (Wildman–Crippen MR) is 123 cm³/mol. The molecule has 0 amide bonds. The first-order valence-electron chi connectivity index (χ1n) is 12.4. The van der Waals surface area contributed by atoms with Crippen molar-refractivity contribution in [2.45, 2.75) is 63.8 Å². The minimum atomic E-state index is 0.293. The second kappa shape index (κ2) is 6.71. The van der Waals surface area contributed by atoms with Gasteiger partial charge in [0.05, 0.1) is 18.9 Å². The van der Waals surface area contributed by atoms with Gasteiger partial charge in [-0.15, -0.1) is 0 Å². The number of anilines is 1. The molecule has 1 aromatic heterocycles. The van der Waals surface area contributed by atoms with Gasteiger partial charge < -0.3 is 9.64 Å². The first-order valence-corrected chi connectivity index (χ1v) is 12.4. The SMILES string of the molecule is C[C@@H]1COCCN1c1cc2c3c(c1)C(c1cc[nH]n1)C=C3CCC(C1CC3(CC3)C1)C2. The molecule has 2 unspecified atom stereocenters. The zero-order valence-electron chi connectivity index (χ0n) is 18.6. The normalized spacial score (nSPS) is 31.2. The van der Waals surface area contributed by atoms with Crippen molar-refractivity contribution in [3.05, 3.63) is 52.9 Å². The topological polar surface area (TPSA) is 41.1 Å². The smallest absolute Gasteiger partial charge is 0.0735 e. The largest absolute Gasteiger partial charge is 0.377 e. The molecule has 1 spiro atoms. The van der Waals surface area contributed by atoms with Crippen molar-refractivity contribution in [1.29, 1.82) is 0 Å². The number of nitrogens with one attached hydrogen (secondary N) is 1. The van der Waals surface area contributed by atoms with Crippen LogP contribution in [-0.4, -0.2) is 36.0 Å². The number of H-pyrrole nitrogens is 1. The second-order valence-electron chi connectivity index (χ2n) is 11.0. The van der Waals surface area contributed by atoms with Crippen LogP contribution in [0.1, 0.15) is 73.8 Å². The second-order valence-corrected chi connectivity index (χ2v) is 11.0. The van der Waals surface area contributed by atoms with Crippen molar-refractivity contribution in [1.82, 2.24) is 10.2 Å². The van der Waals surface area contributed by atoms with Crippen molar-refractivity contribution < 1.29 is 4.74 Å². The summed E-state index contributed by atoms with van der Waals surface area (Å²) in [6.07, 6.45) is 14.4. The maximum Gasteiger partial charge on any atom is 0.0735 e. The summed E-state index contributed by atoms with van der Waals surface area (Å²) in [6, 6.07) is 7.60. The molecule has 31 heavy (non-hydrogen) atoms. The van der Waals surface area contributed by atoms with Gasteiger partial charge in [-0.2, -0.15) is 5.10 Å². The van der Waals surface area contributed by atoms with Crippen LogP contribution < -0.4 is 4.90 Å². The summed E-state index contributed by atoms with van der Waals surface area (Å²) in [5.74, 6) is 2.12. The predicted octanol–water partition coefficient (Wildman–Crippen LogP) is 5.31. The molecule has 4 aliphatic carbocycles. The summed E-state index contributed by atoms with van der Waals surface area (Å²) in [4.78, 5) is 2.57. The van der Waals surface area contributed by atoms with E-state index in [0.29, 0.717) is 12.0 Å². The number of aromatic nitrogens is 2. The average Bonchev–Trinajstić information content (AvgIpc) is 3.27. The lowest BCUT2D eigenvalue weighted by atomic mass is 9.64. The Balaban J connectivity index is 1.29. The first kappa shape index (κ1) is 18.5. The maximum atomic E-state index is 5.74. The van der Waals surface area contributed by atoms with Crippen molar-refractivity contribution in [3.8, 4) is 0 Å². The third-order valence-electron chi connectivity index (χ3n) is 9.08. The molecule has 0 radical (unpaired) electrons.